The van der Waals surface area contributed by atoms with Gasteiger partial charge in [0.2, 0.25) is 0 Å². The first-order valence-electron chi connectivity index (χ1n) is 7.60. The van der Waals surface area contributed by atoms with Crippen LogP contribution in [0.4, 0.5) is 4.39 Å². The zero-order valence-corrected chi connectivity index (χ0v) is 13.7. The van der Waals surface area contributed by atoms with Gasteiger partial charge in [-0.2, -0.15) is 0 Å². The highest BCUT2D eigenvalue weighted by Crippen LogP contribution is 2.29. The Labute approximate surface area is 135 Å². The number of hydrogen-bond donors (Lipinski definition) is 3. The molecule has 4 nitrogen and oxygen atoms in total. The van der Waals surface area contributed by atoms with Crippen molar-refractivity contribution in [2.24, 2.45) is 11.8 Å². The summed E-state index contributed by atoms with van der Waals surface area (Å²) in [6.45, 7) is 4.46. The van der Waals surface area contributed by atoms with Crippen LogP contribution in [-0.2, 0) is 0 Å². The van der Waals surface area contributed by atoms with Gasteiger partial charge < -0.3 is 5.32 Å². The van der Waals surface area contributed by atoms with Crippen LogP contribution in [0.3, 0.4) is 0 Å². The SMILES string of the molecule is C[C@@H]1[C@H](C)CCC[C@@H]1NC(=S)NNC(=O)c1ccccc1F. The summed E-state index contributed by atoms with van der Waals surface area (Å²) < 4.78 is 13.5. The molecule has 120 valence electrons. The van der Waals surface area contributed by atoms with Crippen LogP contribution < -0.4 is 16.2 Å². The number of halogens is 1. The van der Waals surface area contributed by atoms with Crippen LogP contribution in [0.25, 0.3) is 0 Å². The van der Waals surface area contributed by atoms with E-state index in [0.29, 0.717) is 23.0 Å². The molecule has 2 rings (SSSR count). The van der Waals surface area contributed by atoms with Crippen molar-refractivity contribution in [1.82, 2.24) is 16.2 Å². The largest absolute Gasteiger partial charge is 0.358 e. The fraction of sp³-hybridized carbons (Fsp3) is 0.500. The zero-order valence-electron chi connectivity index (χ0n) is 12.9. The minimum absolute atomic E-state index is 0.0162. The molecule has 22 heavy (non-hydrogen) atoms. The molecule has 1 amide bonds. The summed E-state index contributed by atoms with van der Waals surface area (Å²) in [5.74, 6) is 0.0699. The average molecular weight is 323 g/mol. The Morgan fingerprint density at radius 2 is 1.95 bits per heavy atom. The maximum Gasteiger partial charge on any atom is 0.272 e. The van der Waals surface area contributed by atoms with Crippen molar-refractivity contribution in [2.45, 2.75) is 39.2 Å². The van der Waals surface area contributed by atoms with Gasteiger partial charge in [-0.1, -0.05) is 38.8 Å². The first-order chi connectivity index (χ1) is 10.5. The lowest BCUT2D eigenvalue weighted by Gasteiger charge is -2.35. The number of benzene rings is 1. The number of rotatable bonds is 2. The molecule has 0 spiro atoms. The number of hydrogen-bond acceptors (Lipinski definition) is 2. The maximum atomic E-state index is 13.5. The van der Waals surface area contributed by atoms with Crippen LogP contribution in [0, 0.1) is 17.7 Å². The molecule has 0 bridgehead atoms. The zero-order chi connectivity index (χ0) is 16.1. The first-order valence-corrected chi connectivity index (χ1v) is 8.01. The van der Waals surface area contributed by atoms with Crippen molar-refractivity contribution in [1.29, 1.82) is 0 Å². The summed E-state index contributed by atoms with van der Waals surface area (Å²) in [4.78, 5) is 11.9. The van der Waals surface area contributed by atoms with E-state index in [0.717, 1.165) is 6.42 Å². The molecule has 1 saturated carbocycles. The highest BCUT2D eigenvalue weighted by molar-refractivity contribution is 7.80. The third-order valence-electron chi connectivity index (χ3n) is 4.43. The average Bonchev–Trinajstić information content (AvgIpc) is 2.50. The third kappa shape index (κ3) is 4.16. The predicted molar refractivity (Wildman–Crippen MR) is 88.7 cm³/mol. The molecular formula is C16H22FN3OS. The van der Waals surface area contributed by atoms with Crippen molar-refractivity contribution in [2.75, 3.05) is 0 Å². The Bertz CT molecular complexity index is 552. The molecule has 0 saturated heterocycles. The summed E-state index contributed by atoms with van der Waals surface area (Å²) in [7, 11) is 0. The van der Waals surface area contributed by atoms with E-state index in [1.54, 1.807) is 6.07 Å². The summed E-state index contributed by atoms with van der Waals surface area (Å²) in [5, 5.41) is 3.59. The second kappa shape index (κ2) is 7.54. The van der Waals surface area contributed by atoms with E-state index in [1.807, 2.05) is 0 Å². The number of thiocarbonyl (C=S) groups is 1. The highest BCUT2D eigenvalue weighted by atomic mass is 32.1. The van der Waals surface area contributed by atoms with E-state index in [4.69, 9.17) is 12.2 Å². The molecule has 0 radical (unpaired) electrons. The fourth-order valence-corrected chi connectivity index (χ4v) is 3.02. The quantitative estimate of drug-likeness (QED) is 0.579. The summed E-state index contributed by atoms with van der Waals surface area (Å²) in [6, 6.07) is 6.12. The van der Waals surface area contributed by atoms with E-state index in [9.17, 15) is 9.18 Å². The molecule has 1 aliphatic rings. The van der Waals surface area contributed by atoms with Crippen molar-refractivity contribution in [3.63, 3.8) is 0 Å². The van der Waals surface area contributed by atoms with Crippen LogP contribution in [-0.4, -0.2) is 17.1 Å². The molecule has 0 aromatic heterocycles. The van der Waals surface area contributed by atoms with E-state index in [-0.39, 0.29) is 5.56 Å². The topological polar surface area (TPSA) is 53.2 Å². The lowest BCUT2D eigenvalue weighted by Crippen LogP contribution is -2.52. The second-order valence-corrected chi connectivity index (χ2v) is 6.31. The molecule has 0 aliphatic heterocycles. The van der Waals surface area contributed by atoms with Crippen LogP contribution >= 0.6 is 12.2 Å². The number of nitrogens with one attached hydrogen (secondary N) is 3. The van der Waals surface area contributed by atoms with Gasteiger partial charge >= 0.3 is 0 Å². The lowest BCUT2D eigenvalue weighted by molar-refractivity contribution is 0.0939. The Kier molecular flexibility index (Phi) is 5.71. The van der Waals surface area contributed by atoms with Gasteiger partial charge in [-0.15, -0.1) is 0 Å². The monoisotopic (exact) mass is 323 g/mol. The molecule has 1 fully saturated rings. The van der Waals surface area contributed by atoms with E-state index in [2.05, 4.69) is 30.0 Å². The summed E-state index contributed by atoms with van der Waals surface area (Å²) in [6.07, 6.45) is 3.48. The molecule has 1 aliphatic carbocycles. The highest BCUT2D eigenvalue weighted by Gasteiger charge is 2.27. The molecular weight excluding hydrogens is 301 g/mol. The van der Waals surface area contributed by atoms with Crippen LogP contribution in [0.1, 0.15) is 43.5 Å². The van der Waals surface area contributed by atoms with Crippen molar-refractivity contribution >= 4 is 23.2 Å². The Hall–Kier alpha value is -1.69. The smallest absolute Gasteiger partial charge is 0.272 e. The van der Waals surface area contributed by atoms with Gasteiger partial charge in [-0.25, -0.2) is 4.39 Å². The lowest BCUT2D eigenvalue weighted by atomic mass is 9.78. The number of carbonyl (C=O) groups excluding carboxylic acids is 1. The van der Waals surface area contributed by atoms with Gasteiger partial charge in [0.1, 0.15) is 5.82 Å². The second-order valence-electron chi connectivity index (χ2n) is 5.91. The number of hydrazine groups is 1. The van der Waals surface area contributed by atoms with Crippen molar-refractivity contribution in [3.05, 3.63) is 35.6 Å². The molecule has 3 N–H and O–H groups in total. The van der Waals surface area contributed by atoms with Crippen LogP contribution in [0.2, 0.25) is 0 Å². The van der Waals surface area contributed by atoms with Crippen molar-refractivity contribution in [3.8, 4) is 0 Å². The standard InChI is InChI=1S/C16H22FN3OS/c1-10-6-5-9-14(11(10)2)18-16(22)20-19-15(21)12-7-3-4-8-13(12)17/h3-4,7-8,10-11,14H,5-6,9H2,1-2H3,(H,19,21)(H2,18,20,22)/t10-,11-,14+/m1/s1. The van der Waals surface area contributed by atoms with Crippen LogP contribution in [0.5, 0.6) is 0 Å². The third-order valence-corrected chi connectivity index (χ3v) is 4.65. The Balaban J connectivity index is 1.83. The van der Waals surface area contributed by atoms with E-state index >= 15 is 0 Å². The summed E-state index contributed by atoms with van der Waals surface area (Å²) >= 11 is 5.20. The molecule has 3 atom stereocenters. The van der Waals surface area contributed by atoms with Gasteiger partial charge in [0.05, 0.1) is 5.56 Å². The fourth-order valence-electron chi connectivity index (χ4n) is 2.82. The molecule has 0 heterocycles. The van der Waals surface area contributed by atoms with E-state index < -0.39 is 11.7 Å². The molecule has 1 aromatic rings. The number of amides is 1. The van der Waals surface area contributed by atoms with Gasteiger partial charge in [0.25, 0.3) is 5.91 Å². The molecule has 6 heteroatoms. The van der Waals surface area contributed by atoms with Gasteiger partial charge in [-0.3, -0.25) is 15.6 Å². The first kappa shape index (κ1) is 16.7. The van der Waals surface area contributed by atoms with Crippen LogP contribution in [0.15, 0.2) is 24.3 Å². The predicted octanol–water partition coefficient (Wildman–Crippen LogP) is 2.76. The van der Waals surface area contributed by atoms with Crippen molar-refractivity contribution < 1.29 is 9.18 Å². The minimum atomic E-state index is -0.560. The van der Waals surface area contributed by atoms with Gasteiger partial charge in [0, 0.05) is 6.04 Å². The normalized spacial score (nSPS) is 24.4. The summed E-state index contributed by atoms with van der Waals surface area (Å²) in [5.41, 5.74) is 5.05. The van der Waals surface area contributed by atoms with E-state index in [1.165, 1.54) is 31.0 Å². The minimum Gasteiger partial charge on any atom is -0.358 e. The number of carbonyl (C=O) groups is 1. The van der Waals surface area contributed by atoms with Gasteiger partial charge in [0.15, 0.2) is 5.11 Å². The maximum absolute atomic E-state index is 13.5. The Morgan fingerprint density at radius 3 is 2.68 bits per heavy atom. The molecule has 1 aromatic carbocycles. The Morgan fingerprint density at radius 1 is 1.23 bits per heavy atom. The van der Waals surface area contributed by atoms with Gasteiger partial charge in [-0.05, 0) is 42.6 Å². The molecule has 0 unspecified atom stereocenters.